The van der Waals surface area contributed by atoms with Crippen LogP contribution in [0.5, 0.6) is 0 Å². The van der Waals surface area contributed by atoms with Gasteiger partial charge >= 0.3 is 0 Å². The summed E-state index contributed by atoms with van der Waals surface area (Å²) in [6, 6.07) is 0.614. The maximum absolute atomic E-state index is 4.46. The molecule has 1 aromatic heterocycles. The van der Waals surface area contributed by atoms with Gasteiger partial charge in [0.25, 0.3) is 0 Å². The molecule has 2 aliphatic heterocycles. The molecule has 0 radical (unpaired) electrons. The number of aromatic nitrogens is 2. The summed E-state index contributed by atoms with van der Waals surface area (Å²) in [6.07, 6.45) is 10.7. The highest BCUT2D eigenvalue weighted by Crippen LogP contribution is 2.32. The van der Waals surface area contributed by atoms with Crippen molar-refractivity contribution in [3.63, 3.8) is 0 Å². The van der Waals surface area contributed by atoms with Crippen LogP contribution in [0.15, 0.2) is 12.5 Å². The molecule has 1 N–H and O–H groups in total. The van der Waals surface area contributed by atoms with Crippen LogP contribution < -0.4 is 5.32 Å². The molecule has 0 bridgehead atoms. The number of nitrogens with zero attached hydrogens (tertiary/aromatic N) is 3. The number of rotatable bonds is 4. The van der Waals surface area contributed by atoms with Crippen molar-refractivity contribution in [3.8, 4) is 0 Å². The van der Waals surface area contributed by atoms with Crippen LogP contribution in [0.1, 0.15) is 51.6 Å². The third-order valence-corrected chi connectivity index (χ3v) is 5.51. The number of likely N-dealkylation sites (tertiary alicyclic amines) is 1. The summed E-state index contributed by atoms with van der Waals surface area (Å²) in [7, 11) is 0. The van der Waals surface area contributed by atoms with E-state index >= 15 is 0 Å². The first-order chi connectivity index (χ1) is 10.2. The quantitative estimate of drug-likeness (QED) is 0.924. The zero-order valence-electron chi connectivity index (χ0n) is 13.6. The van der Waals surface area contributed by atoms with Crippen LogP contribution in [-0.4, -0.2) is 46.7 Å². The van der Waals surface area contributed by atoms with E-state index in [9.17, 15) is 0 Å². The van der Waals surface area contributed by atoms with Crippen molar-refractivity contribution in [1.29, 1.82) is 0 Å². The smallest absolute Gasteiger partial charge is 0.0948 e. The maximum atomic E-state index is 4.46. The topological polar surface area (TPSA) is 33.1 Å². The van der Waals surface area contributed by atoms with E-state index in [1.807, 2.05) is 6.33 Å². The third-order valence-electron chi connectivity index (χ3n) is 5.51. The lowest BCUT2D eigenvalue weighted by Gasteiger charge is -2.37. The van der Waals surface area contributed by atoms with E-state index in [2.05, 4.69) is 39.8 Å². The van der Waals surface area contributed by atoms with Crippen molar-refractivity contribution in [2.75, 3.05) is 26.2 Å². The zero-order chi connectivity index (χ0) is 14.7. The molecule has 1 unspecified atom stereocenters. The standard InChI is InChI=1S/C17H30N4/c1-15(20-10-4-3-5-11-20)13-21-14-19-12-16(21)17(2)6-8-18-9-7-17/h12,14-15,18H,3-11,13H2,1-2H3. The Labute approximate surface area is 128 Å². The molecule has 21 heavy (non-hydrogen) atoms. The third kappa shape index (κ3) is 3.32. The summed E-state index contributed by atoms with van der Waals surface area (Å²) in [6.45, 7) is 10.7. The molecule has 0 aliphatic carbocycles. The molecule has 0 spiro atoms. The lowest BCUT2D eigenvalue weighted by Crippen LogP contribution is -2.42. The Hall–Kier alpha value is -0.870. The molecule has 2 fully saturated rings. The molecule has 0 amide bonds. The molecule has 0 saturated carbocycles. The molecule has 2 aliphatic rings. The van der Waals surface area contributed by atoms with Crippen LogP contribution in [0.3, 0.4) is 0 Å². The summed E-state index contributed by atoms with van der Waals surface area (Å²) in [5.41, 5.74) is 1.73. The summed E-state index contributed by atoms with van der Waals surface area (Å²) >= 11 is 0. The zero-order valence-corrected chi connectivity index (χ0v) is 13.6. The lowest BCUT2D eigenvalue weighted by atomic mass is 9.78. The summed E-state index contributed by atoms with van der Waals surface area (Å²) in [5.74, 6) is 0. The van der Waals surface area contributed by atoms with Gasteiger partial charge in [-0.25, -0.2) is 4.98 Å². The van der Waals surface area contributed by atoms with E-state index in [0.29, 0.717) is 11.5 Å². The van der Waals surface area contributed by atoms with Gasteiger partial charge in [-0.3, -0.25) is 4.90 Å². The Bertz CT molecular complexity index is 441. The molecule has 0 aromatic carbocycles. The normalized spacial score (nSPS) is 24.9. The van der Waals surface area contributed by atoms with Crippen LogP contribution in [0.4, 0.5) is 0 Å². The Kier molecular flexibility index (Phi) is 4.65. The van der Waals surface area contributed by atoms with Gasteiger partial charge in [0.05, 0.1) is 6.33 Å². The molecule has 118 valence electrons. The average molecular weight is 290 g/mol. The number of hydrogen-bond acceptors (Lipinski definition) is 3. The van der Waals surface area contributed by atoms with Crippen LogP contribution in [0.2, 0.25) is 0 Å². The van der Waals surface area contributed by atoms with E-state index < -0.39 is 0 Å². The first-order valence-corrected chi connectivity index (χ1v) is 8.64. The molecular formula is C17H30N4. The Balaban J connectivity index is 1.70. The van der Waals surface area contributed by atoms with Crippen molar-refractivity contribution in [2.24, 2.45) is 0 Å². The van der Waals surface area contributed by atoms with E-state index in [1.165, 1.54) is 50.9 Å². The van der Waals surface area contributed by atoms with Gasteiger partial charge < -0.3 is 9.88 Å². The second-order valence-corrected chi connectivity index (χ2v) is 7.19. The van der Waals surface area contributed by atoms with Crippen molar-refractivity contribution in [3.05, 3.63) is 18.2 Å². The maximum Gasteiger partial charge on any atom is 0.0948 e. The van der Waals surface area contributed by atoms with Crippen LogP contribution in [0.25, 0.3) is 0 Å². The van der Waals surface area contributed by atoms with Crippen LogP contribution >= 0.6 is 0 Å². The lowest BCUT2D eigenvalue weighted by molar-refractivity contribution is 0.157. The van der Waals surface area contributed by atoms with Crippen molar-refractivity contribution in [2.45, 2.75) is 64.0 Å². The van der Waals surface area contributed by atoms with Crippen LogP contribution in [0, 0.1) is 0 Å². The second-order valence-electron chi connectivity index (χ2n) is 7.19. The molecule has 3 rings (SSSR count). The van der Waals surface area contributed by atoms with E-state index in [-0.39, 0.29) is 0 Å². The fraction of sp³-hybridized carbons (Fsp3) is 0.824. The van der Waals surface area contributed by atoms with Gasteiger partial charge in [0.2, 0.25) is 0 Å². The number of hydrogen-bond donors (Lipinski definition) is 1. The first-order valence-electron chi connectivity index (χ1n) is 8.64. The SMILES string of the molecule is CC(Cn1cncc1C1(C)CCNCC1)N1CCCCC1. The molecule has 3 heterocycles. The highest BCUT2D eigenvalue weighted by Gasteiger charge is 2.32. The van der Waals surface area contributed by atoms with Gasteiger partial charge in [0.1, 0.15) is 0 Å². The largest absolute Gasteiger partial charge is 0.333 e. The van der Waals surface area contributed by atoms with Gasteiger partial charge in [-0.05, 0) is 58.8 Å². The number of piperidine rings is 2. The minimum atomic E-state index is 0.295. The van der Waals surface area contributed by atoms with Gasteiger partial charge in [-0.1, -0.05) is 13.3 Å². The highest BCUT2D eigenvalue weighted by atomic mass is 15.2. The summed E-state index contributed by atoms with van der Waals surface area (Å²) in [5, 5.41) is 3.48. The van der Waals surface area contributed by atoms with Crippen molar-refractivity contribution in [1.82, 2.24) is 19.8 Å². The Morgan fingerprint density at radius 1 is 1.24 bits per heavy atom. The van der Waals surface area contributed by atoms with Crippen molar-refractivity contribution >= 4 is 0 Å². The fourth-order valence-corrected chi connectivity index (χ4v) is 3.96. The average Bonchev–Trinajstić information content (AvgIpc) is 2.98. The molecular weight excluding hydrogens is 260 g/mol. The number of nitrogens with one attached hydrogen (secondary N) is 1. The first kappa shape index (κ1) is 15.0. The van der Waals surface area contributed by atoms with E-state index in [4.69, 9.17) is 0 Å². The monoisotopic (exact) mass is 290 g/mol. The molecule has 1 aromatic rings. The Morgan fingerprint density at radius 3 is 2.67 bits per heavy atom. The van der Waals surface area contributed by atoms with Crippen molar-refractivity contribution < 1.29 is 0 Å². The van der Waals surface area contributed by atoms with Gasteiger partial charge in [-0.15, -0.1) is 0 Å². The molecule has 4 heteroatoms. The number of imidazole rings is 1. The minimum Gasteiger partial charge on any atom is -0.333 e. The van der Waals surface area contributed by atoms with E-state index in [1.54, 1.807) is 0 Å². The molecule has 2 saturated heterocycles. The minimum absolute atomic E-state index is 0.295. The fourth-order valence-electron chi connectivity index (χ4n) is 3.96. The van der Waals surface area contributed by atoms with Crippen LogP contribution in [-0.2, 0) is 12.0 Å². The predicted octanol–water partition coefficient (Wildman–Crippen LogP) is 2.40. The highest BCUT2D eigenvalue weighted by molar-refractivity contribution is 5.15. The predicted molar refractivity (Wildman–Crippen MR) is 86.6 cm³/mol. The Morgan fingerprint density at radius 2 is 1.95 bits per heavy atom. The van der Waals surface area contributed by atoms with Gasteiger partial charge in [0, 0.05) is 29.9 Å². The van der Waals surface area contributed by atoms with Gasteiger partial charge in [0.15, 0.2) is 0 Å². The molecule has 4 nitrogen and oxygen atoms in total. The van der Waals surface area contributed by atoms with E-state index in [0.717, 1.165) is 19.6 Å². The summed E-state index contributed by atoms with van der Waals surface area (Å²) < 4.78 is 2.42. The molecule has 1 atom stereocenters. The second kappa shape index (κ2) is 6.49. The summed E-state index contributed by atoms with van der Waals surface area (Å²) in [4.78, 5) is 7.12. The van der Waals surface area contributed by atoms with Gasteiger partial charge in [-0.2, -0.15) is 0 Å².